The molecule has 9 nitrogen and oxygen atoms in total. The maximum Gasteiger partial charge on any atom is 0.416 e. The van der Waals surface area contributed by atoms with Crippen molar-refractivity contribution in [2.75, 3.05) is 11.4 Å². The maximum absolute atomic E-state index is 14.1. The number of aromatic nitrogens is 1. The first kappa shape index (κ1) is 33.2. The fourth-order valence-corrected chi connectivity index (χ4v) is 7.49. The molecule has 3 rings (SSSR count). The Balaban J connectivity index is 2.10. The molecule has 0 aliphatic carbocycles. The van der Waals surface area contributed by atoms with Crippen LogP contribution in [0, 0.1) is 0 Å². The van der Waals surface area contributed by atoms with Crippen LogP contribution in [0.2, 0.25) is 0 Å². The van der Waals surface area contributed by atoms with E-state index < -0.39 is 38.9 Å². The number of carbonyl (C=O) groups excluding carboxylic acids is 1. The second kappa shape index (κ2) is 12.9. The molecule has 0 saturated carbocycles. The lowest BCUT2D eigenvalue weighted by Gasteiger charge is -2.31. The van der Waals surface area contributed by atoms with Crippen molar-refractivity contribution in [1.82, 2.24) is 4.98 Å². The number of nitrogens with zero attached hydrogens (tertiary/aromatic N) is 2. The number of unbranched alkanes of at least 4 members (excludes halogenated alkanes) is 1. The average Bonchev–Trinajstić information content (AvgIpc) is 3.46. The van der Waals surface area contributed by atoms with Crippen LogP contribution >= 0.6 is 11.3 Å². The minimum atomic E-state index is -4.19. The first-order valence-electron chi connectivity index (χ1n) is 13.9. The van der Waals surface area contributed by atoms with Gasteiger partial charge in [-0.05, 0) is 67.3 Å². The van der Waals surface area contributed by atoms with Gasteiger partial charge in [-0.2, -0.15) is 0 Å². The van der Waals surface area contributed by atoms with E-state index in [1.807, 2.05) is 24.3 Å². The molecule has 0 saturated heterocycles. The summed E-state index contributed by atoms with van der Waals surface area (Å²) in [6.45, 7) is 10.8. The zero-order valence-electron chi connectivity index (χ0n) is 25.1. The summed E-state index contributed by atoms with van der Waals surface area (Å²) in [4.78, 5) is 27.9. The number of carbonyl (C=O) groups is 2. The summed E-state index contributed by atoms with van der Waals surface area (Å²) in [5, 5.41) is 11.2. The SMILES string of the molecule is CCCCC(C)(C)c1ccc(CC(N)(c2cccc(N(CC(=O)O)C(=O)OC(C)(C)C)n2)S(=O)(=O)c2cccs2)cc1. The summed E-state index contributed by atoms with van der Waals surface area (Å²) >= 11 is 1.05. The van der Waals surface area contributed by atoms with Gasteiger partial charge in [-0.15, -0.1) is 11.3 Å². The summed E-state index contributed by atoms with van der Waals surface area (Å²) < 4.78 is 33.7. The van der Waals surface area contributed by atoms with Gasteiger partial charge in [0.2, 0.25) is 9.84 Å². The number of hydrogen-bond acceptors (Lipinski definition) is 8. The Bertz CT molecular complexity index is 1480. The first-order chi connectivity index (χ1) is 19.5. The Morgan fingerprint density at radius 3 is 2.24 bits per heavy atom. The number of anilines is 1. The molecule has 0 fully saturated rings. The molecule has 0 bridgehead atoms. The number of hydrogen-bond donors (Lipinski definition) is 2. The number of aliphatic carboxylic acids is 1. The van der Waals surface area contributed by atoms with Gasteiger partial charge >= 0.3 is 12.1 Å². The predicted molar refractivity (Wildman–Crippen MR) is 166 cm³/mol. The standard InChI is InChI=1S/C31H41N3O6S2/c1-7-8-18-30(5,6)23-16-14-22(15-17-23)20-31(32,42(38,39)27-13-10-19-41-27)24-11-9-12-25(33-24)34(21-26(35)36)28(37)40-29(2,3)4/h9-17,19H,7-8,18,20-21,32H2,1-6H3,(H,35,36). The van der Waals surface area contributed by atoms with Gasteiger partial charge in [0.05, 0.1) is 5.69 Å². The Morgan fingerprint density at radius 2 is 1.69 bits per heavy atom. The smallest absolute Gasteiger partial charge is 0.416 e. The minimum Gasteiger partial charge on any atom is -0.480 e. The average molecular weight is 616 g/mol. The molecule has 0 radical (unpaired) electrons. The third-order valence-corrected chi connectivity index (χ3v) is 10.5. The van der Waals surface area contributed by atoms with Gasteiger partial charge in [0.25, 0.3) is 0 Å². The summed E-state index contributed by atoms with van der Waals surface area (Å²) in [6.07, 6.45) is 2.19. The number of carboxylic acids is 1. The zero-order valence-corrected chi connectivity index (χ0v) is 26.7. The third-order valence-electron chi connectivity index (χ3n) is 6.95. The largest absolute Gasteiger partial charge is 0.480 e. The zero-order chi connectivity index (χ0) is 31.3. The number of ether oxygens (including phenoxy) is 1. The van der Waals surface area contributed by atoms with E-state index in [4.69, 9.17) is 10.5 Å². The van der Waals surface area contributed by atoms with E-state index in [0.717, 1.165) is 41.1 Å². The summed E-state index contributed by atoms with van der Waals surface area (Å²) in [7, 11) is -4.19. The van der Waals surface area contributed by atoms with Gasteiger partial charge in [-0.1, -0.05) is 70.0 Å². The van der Waals surface area contributed by atoms with Gasteiger partial charge < -0.3 is 15.6 Å². The molecule has 0 aliphatic heterocycles. The molecule has 42 heavy (non-hydrogen) atoms. The van der Waals surface area contributed by atoms with Crippen LogP contribution in [0.5, 0.6) is 0 Å². The highest BCUT2D eigenvalue weighted by Crippen LogP contribution is 2.37. The van der Waals surface area contributed by atoms with E-state index in [0.29, 0.717) is 5.56 Å². The van der Waals surface area contributed by atoms with Gasteiger partial charge in [0.15, 0.2) is 4.87 Å². The number of nitrogens with two attached hydrogens (primary N) is 1. The van der Waals surface area contributed by atoms with Crippen LogP contribution in [0.1, 0.15) is 77.6 Å². The van der Waals surface area contributed by atoms with Gasteiger partial charge in [-0.25, -0.2) is 18.2 Å². The molecule has 1 aromatic carbocycles. The number of pyridine rings is 1. The lowest BCUT2D eigenvalue weighted by Crippen LogP contribution is -2.48. The molecule has 11 heteroatoms. The lowest BCUT2D eigenvalue weighted by molar-refractivity contribution is -0.135. The number of amides is 1. The van der Waals surface area contributed by atoms with Crippen LogP contribution in [0.3, 0.4) is 0 Å². The first-order valence-corrected chi connectivity index (χ1v) is 16.2. The lowest BCUT2D eigenvalue weighted by atomic mass is 9.80. The number of thiophene rings is 1. The Morgan fingerprint density at radius 1 is 1.02 bits per heavy atom. The van der Waals surface area contributed by atoms with Crippen molar-refractivity contribution in [3.05, 3.63) is 76.8 Å². The van der Waals surface area contributed by atoms with E-state index in [9.17, 15) is 23.1 Å². The van der Waals surface area contributed by atoms with Crippen molar-refractivity contribution < 1.29 is 27.9 Å². The second-order valence-corrected chi connectivity index (χ2v) is 15.4. The van der Waals surface area contributed by atoms with Crippen molar-refractivity contribution in [2.24, 2.45) is 5.73 Å². The fourth-order valence-electron chi connectivity index (χ4n) is 4.56. The summed E-state index contributed by atoms with van der Waals surface area (Å²) in [5.41, 5.74) is 7.73. The molecule has 2 aromatic heterocycles. The van der Waals surface area contributed by atoms with Gasteiger partial charge in [-0.3, -0.25) is 9.69 Å². The molecule has 0 spiro atoms. The molecule has 228 valence electrons. The summed E-state index contributed by atoms with van der Waals surface area (Å²) in [5.74, 6) is -1.38. The van der Waals surface area contributed by atoms with Gasteiger partial charge in [0.1, 0.15) is 22.2 Å². The van der Waals surface area contributed by atoms with Crippen LogP contribution in [0.4, 0.5) is 10.6 Å². The molecule has 2 heterocycles. The van der Waals surface area contributed by atoms with Gasteiger partial charge in [0, 0.05) is 6.42 Å². The monoisotopic (exact) mass is 615 g/mol. The number of sulfone groups is 1. The van der Waals surface area contributed by atoms with E-state index in [1.165, 1.54) is 24.3 Å². The van der Waals surface area contributed by atoms with E-state index in [2.05, 4.69) is 25.8 Å². The quantitative estimate of drug-likeness (QED) is 0.243. The molecule has 1 atom stereocenters. The predicted octanol–water partition coefficient (Wildman–Crippen LogP) is 6.27. The Labute approximate surface area is 252 Å². The van der Waals surface area contributed by atoms with Crippen LogP contribution in [0.15, 0.2) is 64.2 Å². The Hall–Kier alpha value is -3.28. The molecular formula is C31H41N3O6S2. The topological polar surface area (TPSA) is 140 Å². The minimum absolute atomic E-state index is 0.0281. The summed E-state index contributed by atoms with van der Waals surface area (Å²) in [6, 6.07) is 15.3. The van der Waals surface area contributed by atoms with Crippen molar-refractivity contribution in [2.45, 2.75) is 87.3 Å². The normalized spacial score (nSPS) is 13.8. The van der Waals surface area contributed by atoms with E-state index >= 15 is 0 Å². The fraction of sp³-hybridized carbons (Fsp3) is 0.452. The highest BCUT2D eigenvalue weighted by atomic mass is 32.2. The van der Waals surface area contributed by atoms with Crippen LogP contribution in [0.25, 0.3) is 0 Å². The van der Waals surface area contributed by atoms with Crippen molar-refractivity contribution in [3.8, 4) is 0 Å². The third kappa shape index (κ3) is 7.76. The highest BCUT2D eigenvalue weighted by Gasteiger charge is 2.45. The number of rotatable bonds is 12. The Kier molecular flexibility index (Phi) is 10.2. The highest BCUT2D eigenvalue weighted by molar-refractivity contribution is 7.94. The molecule has 3 aromatic rings. The molecule has 1 amide bonds. The van der Waals surface area contributed by atoms with Crippen molar-refractivity contribution >= 4 is 39.1 Å². The molecule has 3 N–H and O–H groups in total. The van der Waals surface area contributed by atoms with Crippen LogP contribution in [-0.2, 0) is 36.1 Å². The van der Waals surface area contributed by atoms with Crippen LogP contribution < -0.4 is 10.6 Å². The van der Waals surface area contributed by atoms with Crippen molar-refractivity contribution in [3.63, 3.8) is 0 Å². The molecular weight excluding hydrogens is 574 g/mol. The van der Waals surface area contributed by atoms with E-state index in [-0.39, 0.29) is 27.6 Å². The molecule has 1 unspecified atom stereocenters. The second-order valence-electron chi connectivity index (χ2n) is 12.0. The van der Waals surface area contributed by atoms with Crippen molar-refractivity contribution in [1.29, 1.82) is 0 Å². The number of benzene rings is 1. The maximum atomic E-state index is 14.1. The van der Waals surface area contributed by atoms with E-state index in [1.54, 1.807) is 32.2 Å². The number of carboxylic acid groups (broad SMARTS) is 1. The van der Waals surface area contributed by atoms with Crippen LogP contribution in [-0.4, -0.2) is 42.7 Å². The molecule has 0 aliphatic rings.